The molecule has 0 amide bonds. The van der Waals surface area contributed by atoms with Gasteiger partial charge >= 0.3 is 0 Å². The second-order valence-corrected chi connectivity index (χ2v) is 3.77. The van der Waals surface area contributed by atoms with Crippen molar-refractivity contribution in [2.24, 2.45) is 0 Å². The standard InChI is InChI=1S/C13H14N2O/c1-3-10-5-4-6-11(7-10)12-8-13(16)15-9(2)14-12/h4-8H,3H2,1-2H3,(H,14,15,16). The Morgan fingerprint density at radius 2 is 2.12 bits per heavy atom. The first-order valence-corrected chi connectivity index (χ1v) is 5.36. The second kappa shape index (κ2) is 4.31. The predicted octanol–water partition coefficient (Wildman–Crippen LogP) is 2.31. The van der Waals surface area contributed by atoms with E-state index in [1.165, 1.54) is 11.6 Å². The van der Waals surface area contributed by atoms with Crippen LogP contribution in [0.3, 0.4) is 0 Å². The molecule has 1 aromatic heterocycles. The summed E-state index contributed by atoms with van der Waals surface area (Å²) in [5, 5.41) is 0. The topological polar surface area (TPSA) is 45.8 Å². The lowest BCUT2D eigenvalue weighted by molar-refractivity contribution is 1.02. The van der Waals surface area contributed by atoms with Gasteiger partial charge in [0.05, 0.1) is 5.69 Å². The van der Waals surface area contributed by atoms with E-state index in [4.69, 9.17) is 0 Å². The van der Waals surface area contributed by atoms with Crippen LogP contribution in [0.2, 0.25) is 0 Å². The maximum absolute atomic E-state index is 11.3. The van der Waals surface area contributed by atoms with Gasteiger partial charge in [-0.05, 0) is 25.0 Å². The van der Waals surface area contributed by atoms with Gasteiger partial charge in [-0.1, -0.05) is 25.1 Å². The number of nitrogens with zero attached hydrogens (tertiary/aromatic N) is 1. The van der Waals surface area contributed by atoms with Crippen molar-refractivity contribution in [1.29, 1.82) is 0 Å². The van der Waals surface area contributed by atoms with Crippen LogP contribution < -0.4 is 5.56 Å². The Bertz CT molecular complexity index is 558. The molecule has 0 unspecified atom stereocenters. The number of aryl methyl sites for hydroxylation is 2. The van der Waals surface area contributed by atoms with Crippen molar-refractivity contribution < 1.29 is 0 Å². The van der Waals surface area contributed by atoms with Crippen LogP contribution in [-0.2, 0) is 6.42 Å². The Labute approximate surface area is 94.2 Å². The molecule has 2 aromatic rings. The van der Waals surface area contributed by atoms with E-state index >= 15 is 0 Å². The molecule has 3 nitrogen and oxygen atoms in total. The van der Waals surface area contributed by atoms with E-state index < -0.39 is 0 Å². The van der Waals surface area contributed by atoms with Crippen molar-refractivity contribution in [2.45, 2.75) is 20.3 Å². The number of aromatic nitrogens is 2. The van der Waals surface area contributed by atoms with Crippen molar-refractivity contribution in [2.75, 3.05) is 0 Å². The SMILES string of the molecule is CCc1cccc(-c2cc(=O)[nH]c(C)n2)c1. The number of hydrogen-bond acceptors (Lipinski definition) is 2. The van der Waals surface area contributed by atoms with E-state index in [0.29, 0.717) is 5.82 Å². The lowest BCUT2D eigenvalue weighted by Gasteiger charge is -2.03. The highest BCUT2D eigenvalue weighted by Crippen LogP contribution is 2.17. The third kappa shape index (κ3) is 2.19. The van der Waals surface area contributed by atoms with Crippen LogP contribution in [0.1, 0.15) is 18.3 Å². The molecule has 0 spiro atoms. The van der Waals surface area contributed by atoms with Gasteiger partial charge in [-0.2, -0.15) is 0 Å². The summed E-state index contributed by atoms with van der Waals surface area (Å²) in [4.78, 5) is 18.3. The van der Waals surface area contributed by atoms with E-state index in [1.807, 2.05) is 12.1 Å². The monoisotopic (exact) mass is 214 g/mol. The molecule has 16 heavy (non-hydrogen) atoms. The van der Waals surface area contributed by atoms with Crippen LogP contribution in [0.25, 0.3) is 11.3 Å². The van der Waals surface area contributed by atoms with Gasteiger partial charge in [0.15, 0.2) is 0 Å². The molecule has 82 valence electrons. The number of nitrogens with one attached hydrogen (secondary N) is 1. The predicted molar refractivity (Wildman–Crippen MR) is 64.4 cm³/mol. The molecule has 0 saturated carbocycles. The first kappa shape index (κ1) is 10.6. The second-order valence-electron chi connectivity index (χ2n) is 3.77. The molecule has 0 atom stereocenters. The summed E-state index contributed by atoms with van der Waals surface area (Å²) in [7, 11) is 0. The van der Waals surface area contributed by atoms with Gasteiger partial charge in [-0.3, -0.25) is 4.79 Å². The third-order valence-corrected chi connectivity index (χ3v) is 2.49. The highest BCUT2D eigenvalue weighted by atomic mass is 16.1. The zero-order valence-corrected chi connectivity index (χ0v) is 9.45. The largest absolute Gasteiger partial charge is 0.311 e. The molecule has 2 rings (SSSR count). The van der Waals surface area contributed by atoms with Crippen LogP contribution >= 0.6 is 0 Å². The van der Waals surface area contributed by atoms with Crippen molar-refractivity contribution in [3.05, 3.63) is 52.1 Å². The van der Waals surface area contributed by atoms with Crippen LogP contribution in [0.4, 0.5) is 0 Å². The molecule has 1 heterocycles. The van der Waals surface area contributed by atoms with Crippen molar-refractivity contribution in [3.63, 3.8) is 0 Å². The summed E-state index contributed by atoms with van der Waals surface area (Å²) in [5.41, 5.74) is 2.87. The minimum Gasteiger partial charge on any atom is -0.311 e. The van der Waals surface area contributed by atoms with E-state index in [1.54, 1.807) is 6.92 Å². The Morgan fingerprint density at radius 3 is 2.81 bits per heavy atom. The Hall–Kier alpha value is -1.90. The first-order valence-electron chi connectivity index (χ1n) is 5.36. The zero-order chi connectivity index (χ0) is 11.5. The van der Waals surface area contributed by atoms with Gasteiger partial charge in [-0.15, -0.1) is 0 Å². The minimum atomic E-state index is -0.107. The quantitative estimate of drug-likeness (QED) is 0.833. The number of benzene rings is 1. The Balaban J connectivity index is 2.53. The van der Waals surface area contributed by atoms with Crippen molar-refractivity contribution >= 4 is 0 Å². The van der Waals surface area contributed by atoms with Crippen molar-refractivity contribution in [1.82, 2.24) is 9.97 Å². The molecule has 0 aliphatic heterocycles. The van der Waals surface area contributed by atoms with Gasteiger partial charge in [0, 0.05) is 11.6 Å². The summed E-state index contributed by atoms with van der Waals surface area (Å²) < 4.78 is 0. The number of rotatable bonds is 2. The summed E-state index contributed by atoms with van der Waals surface area (Å²) >= 11 is 0. The molecule has 0 aliphatic carbocycles. The van der Waals surface area contributed by atoms with Gasteiger partial charge in [0.1, 0.15) is 5.82 Å². The summed E-state index contributed by atoms with van der Waals surface area (Å²) in [6.07, 6.45) is 0.982. The van der Waals surface area contributed by atoms with Crippen LogP contribution in [0, 0.1) is 6.92 Å². The number of aromatic amines is 1. The molecule has 0 aliphatic rings. The summed E-state index contributed by atoms with van der Waals surface area (Å²) in [6.45, 7) is 3.89. The van der Waals surface area contributed by atoms with Gasteiger partial charge < -0.3 is 4.98 Å². The van der Waals surface area contributed by atoms with Crippen LogP contribution in [-0.4, -0.2) is 9.97 Å². The normalized spacial score (nSPS) is 10.4. The maximum Gasteiger partial charge on any atom is 0.251 e. The third-order valence-electron chi connectivity index (χ3n) is 2.49. The molecule has 1 N–H and O–H groups in total. The molecule has 0 saturated heterocycles. The van der Waals surface area contributed by atoms with Gasteiger partial charge in [-0.25, -0.2) is 4.98 Å². The molecule has 0 bridgehead atoms. The van der Waals surface area contributed by atoms with E-state index in [-0.39, 0.29) is 5.56 Å². The van der Waals surface area contributed by atoms with E-state index in [2.05, 4.69) is 29.0 Å². The Morgan fingerprint density at radius 1 is 1.31 bits per heavy atom. The minimum absolute atomic E-state index is 0.107. The smallest absolute Gasteiger partial charge is 0.251 e. The molecular formula is C13H14N2O. The highest BCUT2D eigenvalue weighted by Gasteiger charge is 2.02. The average Bonchev–Trinajstić information content (AvgIpc) is 2.28. The maximum atomic E-state index is 11.3. The van der Waals surface area contributed by atoms with Crippen LogP contribution in [0.15, 0.2) is 35.1 Å². The number of hydrogen-bond donors (Lipinski definition) is 1. The van der Waals surface area contributed by atoms with E-state index in [0.717, 1.165) is 17.7 Å². The van der Waals surface area contributed by atoms with Crippen molar-refractivity contribution in [3.8, 4) is 11.3 Å². The fraction of sp³-hybridized carbons (Fsp3) is 0.231. The van der Waals surface area contributed by atoms with Gasteiger partial charge in [0.2, 0.25) is 0 Å². The molecule has 3 heteroatoms. The zero-order valence-electron chi connectivity index (χ0n) is 9.45. The average molecular weight is 214 g/mol. The first-order chi connectivity index (χ1) is 7.69. The molecular weight excluding hydrogens is 200 g/mol. The molecule has 0 fully saturated rings. The fourth-order valence-corrected chi connectivity index (χ4v) is 1.68. The lowest BCUT2D eigenvalue weighted by atomic mass is 10.1. The summed E-state index contributed by atoms with van der Waals surface area (Å²) in [6, 6.07) is 9.64. The van der Waals surface area contributed by atoms with Crippen LogP contribution in [0.5, 0.6) is 0 Å². The van der Waals surface area contributed by atoms with Gasteiger partial charge in [0.25, 0.3) is 5.56 Å². The Kier molecular flexibility index (Phi) is 2.86. The van der Waals surface area contributed by atoms with E-state index in [9.17, 15) is 4.79 Å². The number of H-pyrrole nitrogens is 1. The molecule has 0 radical (unpaired) electrons. The fourth-order valence-electron chi connectivity index (χ4n) is 1.68. The molecule has 1 aromatic carbocycles. The highest BCUT2D eigenvalue weighted by molar-refractivity contribution is 5.59. The lowest BCUT2D eigenvalue weighted by Crippen LogP contribution is -2.08. The summed E-state index contributed by atoms with van der Waals surface area (Å²) in [5.74, 6) is 0.643.